The molecule has 4 nitrogen and oxygen atoms in total. The molecule has 2 aliphatic heterocycles. The summed E-state index contributed by atoms with van der Waals surface area (Å²) in [5.74, 6) is -2.31. The van der Waals surface area contributed by atoms with Gasteiger partial charge in [-0.25, -0.2) is 8.78 Å². The number of nitrogens with zero attached hydrogens (tertiary/aromatic N) is 2. The normalized spacial score (nSPS) is 22.2. The van der Waals surface area contributed by atoms with Crippen molar-refractivity contribution in [3.63, 3.8) is 0 Å². The van der Waals surface area contributed by atoms with Crippen molar-refractivity contribution in [3.8, 4) is 0 Å². The Kier molecular flexibility index (Phi) is 4.87. The Bertz CT molecular complexity index is 910. The Hall–Kier alpha value is -2.76. The molecule has 2 amide bonds. The highest BCUT2D eigenvalue weighted by Gasteiger charge is 2.41. The number of halogens is 2. The van der Waals surface area contributed by atoms with Crippen LogP contribution in [-0.2, 0) is 9.59 Å². The first kappa shape index (κ1) is 18.6. The van der Waals surface area contributed by atoms with E-state index in [1.807, 2.05) is 36.1 Å². The Morgan fingerprint density at radius 1 is 1.11 bits per heavy atom. The van der Waals surface area contributed by atoms with E-state index in [0.29, 0.717) is 6.54 Å². The predicted octanol–water partition coefficient (Wildman–Crippen LogP) is 3.99. The molecule has 2 aliphatic rings. The van der Waals surface area contributed by atoms with Crippen molar-refractivity contribution in [1.29, 1.82) is 0 Å². The van der Waals surface area contributed by atoms with Crippen LogP contribution in [0, 0.1) is 24.5 Å². The van der Waals surface area contributed by atoms with Crippen LogP contribution in [0.1, 0.15) is 36.4 Å². The van der Waals surface area contributed by atoms with Crippen molar-refractivity contribution in [2.24, 2.45) is 5.92 Å². The third kappa shape index (κ3) is 3.39. The van der Waals surface area contributed by atoms with Crippen molar-refractivity contribution in [1.82, 2.24) is 4.90 Å². The van der Waals surface area contributed by atoms with Gasteiger partial charge in [0.15, 0.2) is 0 Å². The van der Waals surface area contributed by atoms with Crippen LogP contribution in [0.5, 0.6) is 0 Å². The lowest BCUT2D eigenvalue weighted by molar-refractivity contribution is -0.136. The van der Waals surface area contributed by atoms with Crippen molar-refractivity contribution >= 4 is 17.5 Å². The monoisotopic (exact) mass is 384 g/mol. The zero-order valence-corrected chi connectivity index (χ0v) is 15.7. The predicted molar refractivity (Wildman–Crippen MR) is 102 cm³/mol. The van der Waals surface area contributed by atoms with E-state index in [1.54, 1.807) is 0 Å². The molecule has 2 aromatic carbocycles. The number of benzene rings is 2. The molecule has 0 bridgehead atoms. The molecule has 146 valence electrons. The molecule has 0 unspecified atom stereocenters. The minimum atomic E-state index is -0.739. The van der Waals surface area contributed by atoms with Crippen LogP contribution in [0.2, 0.25) is 0 Å². The smallest absolute Gasteiger partial charge is 0.228 e. The van der Waals surface area contributed by atoms with E-state index in [4.69, 9.17) is 0 Å². The van der Waals surface area contributed by atoms with Crippen LogP contribution in [0.3, 0.4) is 0 Å². The molecule has 2 heterocycles. The summed E-state index contributed by atoms with van der Waals surface area (Å²) in [4.78, 5) is 28.8. The molecule has 28 heavy (non-hydrogen) atoms. The van der Waals surface area contributed by atoms with Gasteiger partial charge in [-0.1, -0.05) is 24.3 Å². The van der Waals surface area contributed by atoms with Gasteiger partial charge in [-0.3, -0.25) is 9.59 Å². The van der Waals surface area contributed by atoms with Crippen LogP contribution in [0.4, 0.5) is 14.5 Å². The van der Waals surface area contributed by atoms with Crippen molar-refractivity contribution < 1.29 is 18.4 Å². The second kappa shape index (κ2) is 7.34. The molecule has 2 fully saturated rings. The fraction of sp³-hybridized carbons (Fsp3) is 0.364. The second-order valence-electron chi connectivity index (χ2n) is 7.58. The van der Waals surface area contributed by atoms with Crippen molar-refractivity contribution in [2.75, 3.05) is 18.0 Å². The van der Waals surface area contributed by atoms with E-state index in [1.165, 1.54) is 4.90 Å². The lowest BCUT2D eigenvalue weighted by atomic mass is 9.98. The maximum atomic E-state index is 13.5. The molecule has 0 aliphatic carbocycles. The Morgan fingerprint density at radius 2 is 1.82 bits per heavy atom. The standard InChI is InChI=1S/C22H22F2N2O2/c1-14-5-2-3-6-19(14)20-7-4-8-25(20)22(28)15-9-21(27)26(13-15)18-11-16(23)10-17(24)12-18/h2-3,5-6,10-12,15,20H,4,7-9,13H2,1H3/t15-,20+/m1/s1. The summed E-state index contributed by atoms with van der Waals surface area (Å²) in [7, 11) is 0. The van der Waals surface area contributed by atoms with Gasteiger partial charge < -0.3 is 9.80 Å². The fourth-order valence-corrected chi connectivity index (χ4v) is 4.37. The maximum Gasteiger partial charge on any atom is 0.228 e. The summed E-state index contributed by atoms with van der Waals surface area (Å²) in [5, 5.41) is 0. The number of hydrogen-bond acceptors (Lipinski definition) is 2. The minimum Gasteiger partial charge on any atom is -0.335 e. The van der Waals surface area contributed by atoms with E-state index in [9.17, 15) is 18.4 Å². The molecule has 6 heteroatoms. The molecule has 4 rings (SSSR count). The highest BCUT2D eigenvalue weighted by molar-refractivity contribution is 6.00. The third-order valence-electron chi connectivity index (χ3n) is 5.72. The molecule has 0 aromatic heterocycles. The number of aryl methyl sites for hydroxylation is 1. The molecule has 0 N–H and O–H groups in total. The molecule has 2 aromatic rings. The Morgan fingerprint density at radius 3 is 2.54 bits per heavy atom. The molecule has 2 atom stereocenters. The first-order valence-electron chi connectivity index (χ1n) is 9.56. The molecular formula is C22H22F2N2O2. The number of carbonyl (C=O) groups excluding carboxylic acids is 2. The lowest BCUT2D eigenvalue weighted by Crippen LogP contribution is -2.37. The summed E-state index contributed by atoms with van der Waals surface area (Å²) < 4.78 is 27.1. The van der Waals surface area contributed by atoms with Crippen LogP contribution >= 0.6 is 0 Å². The molecule has 2 saturated heterocycles. The number of hydrogen-bond donors (Lipinski definition) is 0. The SMILES string of the molecule is Cc1ccccc1[C@@H]1CCCN1C(=O)[C@@H]1CC(=O)N(c2cc(F)cc(F)c2)C1. The number of likely N-dealkylation sites (tertiary alicyclic amines) is 1. The van der Waals surface area contributed by atoms with Crippen LogP contribution < -0.4 is 4.90 Å². The Balaban J connectivity index is 1.54. The highest BCUT2D eigenvalue weighted by Crippen LogP contribution is 2.36. The van der Waals surface area contributed by atoms with Gasteiger partial charge >= 0.3 is 0 Å². The quantitative estimate of drug-likeness (QED) is 0.803. The van der Waals surface area contributed by atoms with E-state index in [-0.39, 0.29) is 36.5 Å². The van der Waals surface area contributed by atoms with Crippen LogP contribution in [-0.4, -0.2) is 29.8 Å². The average Bonchev–Trinajstić information content (AvgIpc) is 3.27. The second-order valence-corrected chi connectivity index (χ2v) is 7.58. The molecule has 0 radical (unpaired) electrons. The van der Waals surface area contributed by atoms with Gasteiger partial charge in [0, 0.05) is 31.3 Å². The zero-order valence-electron chi connectivity index (χ0n) is 15.7. The van der Waals surface area contributed by atoms with Crippen molar-refractivity contribution in [2.45, 2.75) is 32.2 Å². The largest absolute Gasteiger partial charge is 0.335 e. The van der Waals surface area contributed by atoms with Crippen LogP contribution in [0.25, 0.3) is 0 Å². The number of rotatable bonds is 3. The van der Waals surface area contributed by atoms with E-state index >= 15 is 0 Å². The van der Waals surface area contributed by atoms with E-state index < -0.39 is 17.6 Å². The average molecular weight is 384 g/mol. The van der Waals surface area contributed by atoms with Gasteiger partial charge in [0.2, 0.25) is 11.8 Å². The topological polar surface area (TPSA) is 40.6 Å². The maximum absolute atomic E-state index is 13.5. The lowest BCUT2D eigenvalue weighted by Gasteiger charge is -2.28. The molecule has 0 saturated carbocycles. The van der Waals surface area contributed by atoms with Gasteiger partial charge in [-0.15, -0.1) is 0 Å². The first-order chi connectivity index (χ1) is 13.4. The summed E-state index contributed by atoms with van der Waals surface area (Å²) in [6.45, 7) is 2.85. The highest BCUT2D eigenvalue weighted by atomic mass is 19.1. The Labute approximate surface area is 162 Å². The van der Waals surface area contributed by atoms with Gasteiger partial charge in [-0.05, 0) is 43.0 Å². The minimum absolute atomic E-state index is 0.0180. The van der Waals surface area contributed by atoms with E-state index in [0.717, 1.165) is 42.2 Å². The molecular weight excluding hydrogens is 362 g/mol. The number of anilines is 1. The van der Waals surface area contributed by atoms with Gasteiger partial charge in [0.05, 0.1) is 12.0 Å². The van der Waals surface area contributed by atoms with Gasteiger partial charge in [0.1, 0.15) is 11.6 Å². The summed E-state index contributed by atoms with van der Waals surface area (Å²) in [6.07, 6.45) is 1.88. The molecule has 0 spiro atoms. The zero-order chi connectivity index (χ0) is 19.8. The van der Waals surface area contributed by atoms with Crippen LogP contribution in [0.15, 0.2) is 42.5 Å². The third-order valence-corrected chi connectivity index (χ3v) is 5.72. The fourth-order valence-electron chi connectivity index (χ4n) is 4.37. The summed E-state index contributed by atoms with van der Waals surface area (Å²) in [5.41, 5.74) is 2.45. The number of amides is 2. The summed E-state index contributed by atoms with van der Waals surface area (Å²) >= 11 is 0. The summed E-state index contributed by atoms with van der Waals surface area (Å²) in [6, 6.07) is 11.1. The first-order valence-corrected chi connectivity index (χ1v) is 9.56. The number of carbonyl (C=O) groups is 2. The van der Waals surface area contributed by atoms with Gasteiger partial charge in [-0.2, -0.15) is 0 Å². The van der Waals surface area contributed by atoms with Gasteiger partial charge in [0.25, 0.3) is 0 Å². The van der Waals surface area contributed by atoms with Crippen molar-refractivity contribution in [3.05, 3.63) is 65.2 Å². The van der Waals surface area contributed by atoms with E-state index in [2.05, 4.69) is 0 Å².